The number of rotatable bonds is 6. The minimum atomic E-state index is -0.259. The van der Waals surface area contributed by atoms with Crippen LogP contribution in [0.4, 0.5) is 5.69 Å². The van der Waals surface area contributed by atoms with Gasteiger partial charge in [-0.15, -0.1) is 0 Å². The second kappa shape index (κ2) is 8.24. The van der Waals surface area contributed by atoms with Gasteiger partial charge >= 0.3 is 0 Å². The summed E-state index contributed by atoms with van der Waals surface area (Å²) in [7, 11) is 0. The normalized spacial score (nSPS) is 14.6. The predicted octanol–water partition coefficient (Wildman–Crippen LogP) is 5.27. The maximum atomic E-state index is 13.2. The highest BCUT2D eigenvalue weighted by molar-refractivity contribution is 6.36. The van der Waals surface area contributed by atoms with Crippen LogP contribution in [0.2, 0.25) is 0 Å². The van der Waals surface area contributed by atoms with E-state index in [1.165, 1.54) is 10.5 Å². The molecule has 0 atom stereocenters. The Morgan fingerprint density at radius 3 is 2.07 bits per heavy atom. The molecule has 0 spiro atoms. The summed E-state index contributed by atoms with van der Waals surface area (Å²) in [6.07, 6.45) is 0. The molecule has 152 valence electrons. The number of hydrogen-bond donors (Lipinski definition) is 1. The molecule has 0 bridgehead atoms. The molecule has 0 saturated heterocycles. The number of imide groups is 1. The van der Waals surface area contributed by atoms with Gasteiger partial charge in [0, 0.05) is 12.2 Å². The van der Waals surface area contributed by atoms with Crippen molar-refractivity contribution in [1.29, 1.82) is 0 Å². The van der Waals surface area contributed by atoms with Crippen molar-refractivity contribution in [2.24, 2.45) is 5.92 Å². The fraction of sp³-hybridized carbons (Fsp3) is 0.360. The minimum Gasteiger partial charge on any atom is -0.350 e. The van der Waals surface area contributed by atoms with Crippen molar-refractivity contribution in [2.45, 2.75) is 47.5 Å². The molecule has 2 aromatic carbocycles. The number of aryl methyl sites for hydroxylation is 2. The van der Waals surface area contributed by atoms with Gasteiger partial charge in [0.15, 0.2) is 0 Å². The molecule has 4 nitrogen and oxygen atoms in total. The maximum absolute atomic E-state index is 13.2. The Balaban J connectivity index is 2.05. The monoisotopic (exact) mass is 390 g/mol. The zero-order valence-electron chi connectivity index (χ0n) is 18.2. The third-order valence-electron chi connectivity index (χ3n) is 5.36. The second-order valence-electron chi connectivity index (χ2n) is 8.57. The molecule has 1 N–H and O–H groups in total. The number of nitrogens with one attached hydrogen (secondary N) is 1. The van der Waals surface area contributed by atoms with Gasteiger partial charge in [0.05, 0.1) is 5.57 Å². The van der Waals surface area contributed by atoms with Crippen molar-refractivity contribution in [3.63, 3.8) is 0 Å². The molecule has 2 amide bonds. The summed E-state index contributed by atoms with van der Waals surface area (Å²) >= 11 is 0. The van der Waals surface area contributed by atoms with Gasteiger partial charge in [-0.2, -0.15) is 0 Å². The van der Waals surface area contributed by atoms with Crippen LogP contribution in [0.1, 0.15) is 55.9 Å². The van der Waals surface area contributed by atoms with E-state index in [2.05, 4.69) is 31.3 Å². The highest BCUT2D eigenvalue weighted by atomic mass is 16.2. The van der Waals surface area contributed by atoms with Crippen molar-refractivity contribution in [3.8, 4) is 0 Å². The van der Waals surface area contributed by atoms with Gasteiger partial charge in [-0.3, -0.25) is 14.5 Å². The first-order valence-electron chi connectivity index (χ1n) is 10.2. The SMILES string of the molecule is Cc1ccc(C2=C(Nc3ccc(C(C)C)cc3)C(=O)N(CC(C)C)C2=O)cc1C. The van der Waals surface area contributed by atoms with Crippen molar-refractivity contribution in [1.82, 2.24) is 4.90 Å². The van der Waals surface area contributed by atoms with Gasteiger partial charge in [-0.1, -0.05) is 58.0 Å². The lowest BCUT2D eigenvalue weighted by atomic mass is 9.99. The molecule has 1 aliphatic heterocycles. The summed E-state index contributed by atoms with van der Waals surface area (Å²) in [6, 6.07) is 13.9. The molecule has 0 fully saturated rings. The third kappa shape index (κ3) is 4.26. The fourth-order valence-electron chi connectivity index (χ4n) is 3.48. The summed E-state index contributed by atoms with van der Waals surface area (Å²) in [5, 5.41) is 3.24. The van der Waals surface area contributed by atoms with Crippen LogP contribution in [0, 0.1) is 19.8 Å². The smallest absolute Gasteiger partial charge is 0.278 e. The van der Waals surface area contributed by atoms with Crippen LogP contribution in [0.3, 0.4) is 0 Å². The first-order chi connectivity index (χ1) is 13.7. The highest BCUT2D eigenvalue weighted by Gasteiger charge is 2.39. The van der Waals surface area contributed by atoms with E-state index in [4.69, 9.17) is 0 Å². The first-order valence-corrected chi connectivity index (χ1v) is 10.2. The molecule has 0 radical (unpaired) electrons. The summed E-state index contributed by atoms with van der Waals surface area (Å²) in [5.41, 5.74) is 5.87. The van der Waals surface area contributed by atoms with Crippen molar-refractivity contribution in [2.75, 3.05) is 11.9 Å². The van der Waals surface area contributed by atoms with Crippen LogP contribution in [0.25, 0.3) is 5.57 Å². The molecule has 29 heavy (non-hydrogen) atoms. The lowest BCUT2D eigenvalue weighted by Gasteiger charge is -2.17. The van der Waals surface area contributed by atoms with Gasteiger partial charge in [0.25, 0.3) is 11.8 Å². The summed E-state index contributed by atoms with van der Waals surface area (Å²) in [6.45, 7) is 12.8. The predicted molar refractivity (Wildman–Crippen MR) is 119 cm³/mol. The van der Waals surface area contributed by atoms with Gasteiger partial charge < -0.3 is 5.32 Å². The topological polar surface area (TPSA) is 49.4 Å². The number of amides is 2. The van der Waals surface area contributed by atoms with Crippen LogP contribution in [0.15, 0.2) is 48.2 Å². The van der Waals surface area contributed by atoms with Gasteiger partial charge in [0.1, 0.15) is 5.70 Å². The maximum Gasteiger partial charge on any atom is 0.278 e. The van der Waals surface area contributed by atoms with Crippen LogP contribution in [-0.4, -0.2) is 23.3 Å². The van der Waals surface area contributed by atoms with E-state index in [0.29, 0.717) is 23.7 Å². The third-order valence-corrected chi connectivity index (χ3v) is 5.36. The molecule has 0 aromatic heterocycles. The first kappa shape index (κ1) is 20.8. The molecule has 3 rings (SSSR count). The summed E-state index contributed by atoms with van der Waals surface area (Å²) in [4.78, 5) is 27.7. The Morgan fingerprint density at radius 1 is 0.862 bits per heavy atom. The Morgan fingerprint density at radius 2 is 1.52 bits per heavy atom. The van der Waals surface area contributed by atoms with Gasteiger partial charge in [-0.05, 0) is 60.1 Å². The standard InChI is InChI=1S/C25H30N2O2/c1-15(2)14-27-24(28)22(20-8-7-17(5)18(6)13-20)23(25(27)29)26-21-11-9-19(10-12-21)16(3)4/h7-13,15-16,26H,14H2,1-6H3. The fourth-order valence-corrected chi connectivity index (χ4v) is 3.48. The van der Waals surface area contributed by atoms with E-state index >= 15 is 0 Å². The molecule has 4 heteroatoms. The minimum absolute atomic E-state index is 0.202. The molecule has 1 aliphatic rings. The molecule has 0 saturated carbocycles. The Kier molecular flexibility index (Phi) is 5.92. The highest BCUT2D eigenvalue weighted by Crippen LogP contribution is 2.32. The Labute approximate surface area is 173 Å². The molecule has 0 aliphatic carbocycles. The van der Waals surface area contributed by atoms with Crippen LogP contribution in [-0.2, 0) is 9.59 Å². The zero-order chi connectivity index (χ0) is 21.3. The van der Waals surface area contributed by atoms with E-state index in [-0.39, 0.29) is 17.7 Å². The Hall–Kier alpha value is -2.88. The molecule has 0 unspecified atom stereocenters. The zero-order valence-corrected chi connectivity index (χ0v) is 18.2. The molecular weight excluding hydrogens is 360 g/mol. The number of carbonyl (C=O) groups is 2. The summed E-state index contributed by atoms with van der Waals surface area (Å²) < 4.78 is 0. The largest absolute Gasteiger partial charge is 0.350 e. The van der Waals surface area contributed by atoms with Gasteiger partial charge in [0.2, 0.25) is 0 Å². The number of hydrogen-bond acceptors (Lipinski definition) is 3. The lowest BCUT2D eigenvalue weighted by Crippen LogP contribution is -2.35. The summed E-state index contributed by atoms with van der Waals surface area (Å²) in [5.74, 6) is 0.150. The lowest BCUT2D eigenvalue weighted by molar-refractivity contribution is -0.137. The Bertz CT molecular complexity index is 969. The van der Waals surface area contributed by atoms with Crippen molar-refractivity contribution in [3.05, 3.63) is 70.4 Å². The van der Waals surface area contributed by atoms with Gasteiger partial charge in [-0.25, -0.2) is 0 Å². The van der Waals surface area contributed by atoms with E-state index in [1.807, 2.05) is 58.0 Å². The number of carbonyl (C=O) groups excluding carboxylic acids is 2. The van der Waals surface area contributed by atoms with E-state index in [0.717, 1.165) is 22.4 Å². The van der Waals surface area contributed by atoms with Crippen molar-refractivity contribution >= 4 is 23.1 Å². The second-order valence-corrected chi connectivity index (χ2v) is 8.57. The number of anilines is 1. The number of benzene rings is 2. The van der Waals surface area contributed by atoms with E-state index in [9.17, 15) is 9.59 Å². The van der Waals surface area contributed by atoms with Crippen LogP contribution in [0.5, 0.6) is 0 Å². The van der Waals surface area contributed by atoms with E-state index in [1.54, 1.807) is 0 Å². The molecular formula is C25H30N2O2. The molecule has 2 aromatic rings. The number of nitrogens with zero attached hydrogens (tertiary/aromatic N) is 1. The van der Waals surface area contributed by atoms with E-state index < -0.39 is 0 Å². The molecule has 1 heterocycles. The van der Waals surface area contributed by atoms with Crippen LogP contribution < -0.4 is 5.32 Å². The quantitative estimate of drug-likeness (QED) is 0.683. The van der Waals surface area contributed by atoms with Crippen LogP contribution >= 0.6 is 0 Å². The average Bonchev–Trinajstić information content (AvgIpc) is 2.88. The average molecular weight is 391 g/mol. The van der Waals surface area contributed by atoms with Crippen molar-refractivity contribution < 1.29 is 9.59 Å².